The lowest BCUT2D eigenvalue weighted by Gasteiger charge is -2.14. The fraction of sp³-hybridized carbons (Fsp3) is 0.348. The van der Waals surface area contributed by atoms with Crippen molar-refractivity contribution in [1.82, 2.24) is 9.55 Å². The zero-order chi connectivity index (χ0) is 21.5. The summed E-state index contributed by atoms with van der Waals surface area (Å²) in [6, 6.07) is 12.8. The van der Waals surface area contributed by atoms with Crippen LogP contribution in [0.2, 0.25) is 0 Å². The van der Waals surface area contributed by atoms with Gasteiger partial charge in [0.05, 0.1) is 18.0 Å². The van der Waals surface area contributed by atoms with Gasteiger partial charge in [-0.25, -0.2) is 4.98 Å². The average molecular weight is 427 g/mol. The van der Waals surface area contributed by atoms with Crippen molar-refractivity contribution in [2.75, 3.05) is 20.3 Å². The number of para-hydroxylation sites is 1. The summed E-state index contributed by atoms with van der Waals surface area (Å²) in [5.41, 5.74) is 2.14. The highest BCUT2D eigenvalue weighted by molar-refractivity contribution is 7.98. The van der Waals surface area contributed by atoms with Gasteiger partial charge in [-0.3, -0.25) is 14.2 Å². The first-order valence-corrected chi connectivity index (χ1v) is 10.9. The number of methoxy groups -OCH3 is 1. The minimum Gasteiger partial charge on any atom is -0.496 e. The molecule has 0 aliphatic heterocycles. The zero-order valence-electron chi connectivity index (χ0n) is 17.5. The molecule has 0 saturated carbocycles. The predicted molar refractivity (Wildman–Crippen MR) is 120 cm³/mol. The molecule has 158 valence electrons. The molecule has 30 heavy (non-hydrogen) atoms. The van der Waals surface area contributed by atoms with E-state index in [4.69, 9.17) is 14.5 Å². The van der Waals surface area contributed by atoms with Crippen LogP contribution in [0.25, 0.3) is 10.9 Å². The van der Waals surface area contributed by atoms with Gasteiger partial charge in [-0.1, -0.05) is 23.9 Å². The number of Topliss-reactive ketones (excluding diaryl/α,β-unsaturated/α-hetero) is 1. The summed E-state index contributed by atoms with van der Waals surface area (Å²) < 4.78 is 12.6. The molecule has 6 nitrogen and oxygen atoms in total. The molecule has 0 unspecified atom stereocenters. The lowest BCUT2D eigenvalue weighted by atomic mass is 10.1. The zero-order valence-corrected chi connectivity index (χ0v) is 18.3. The van der Waals surface area contributed by atoms with Crippen LogP contribution >= 0.6 is 11.8 Å². The van der Waals surface area contributed by atoms with Crippen LogP contribution in [0.15, 0.2) is 52.4 Å². The van der Waals surface area contributed by atoms with E-state index < -0.39 is 0 Å². The molecule has 0 saturated heterocycles. The Morgan fingerprint density at radius 1 is 1.20 bits per heavy atom. The van der Waals surface area contributed by atoms with E-state index in [-0.39, 0.29) is 11.3 Å². The second-order valence-electron chi connectivity index (χ2n) is 6.79. The number of benzene rings is 2. The molecule has 0 aliphatic rings. The molecular formula is C23H26N2O4S. The average Bonchev–Trinajstić information content (AvgIpc) is 2.76. The van der Waals surface area contributed by atoms with E-state index in [9.17, 15) is 9.59 Å². The third kappa shape index (κ3) is 5.09. The Bertz CT molecular complexity index is 1090. The fourth-order valence-electron chi connectivity index (χ4n) is 3.18. The van der Waals surface area contributed by atoms with Gasteiger partial charge in [0, 0.05) is 36.6 Å². The Kier molecular flexibility index (Phi) is 7.65. The number of nitrogens with zero attached hydrogens (tertiary/aromatic N) is 2. The van der Waals surface area contributed by atoms with Crippen molar-refractivity contribution in [3.8, 4) is 5.75 Å². The number of carbonyl (C=O) groups is 1. The van der Waals surface area contributed by atoms with E-state index >= 15 is 0 Å². The third-order valence-electron chi connectivity index (χ3n) is 4.74. The molecule has 3 aromatic rings. The monoisotopic (exact) mass is 426 g/mol. The van der Waals surface area contributed by atoms with Gasteiger partial charge in [0.25, 0.3) is 5.56 Å². The van der Waals surface area contributed by atoms with Crippen LogP contribution in [0.1, 0.15) is 36.2 Å². The summed E-state index contributed by atoms with van der Waals surface area (Å²) in [7, 11) is 1.61. The molecule has 1 aromatic heterocycles. The molecule has 7 heteroatoms. The van der Waals surface area contributed by atoms with Crippen LogP contribution in [0.4, 0.5) is 0 Å². The highest BCUT2D eigenvalue weighted by atomic mass is 32.2. The minimum atomic E-state index is -0.0518. The molecule has 0 radical (unpaired) electrons. The smallest absolute Gasteiger partial charge is 0.262 e. The lowest BCUT2D eigenvalue weighted by Crippen LogP contribution is -2.24. The number of carbonyl (C=O) groups excluding carboxylic acids is 1. The summed E-state index contributed by atoms with van der Waals surface area (Å²) >= 11 is 1.46. The Morgan fingerprint density at radius 2 is 2.00 bits per heavy atom. The Hall–Kier alpha value is -2.64. The van der Waals surface area contributed by atoms with Gasteiger partial charge in [0.15, 0.2) is 10.9 Å². The molecular weight excluding hydrogens is 400 g/mol. The van der Waals surface area contributed by atoms with Crippen molar-refractivity contribution in [2.45, 2.75) is 37.7 Å². The van der Waals surface area contributed by atoms with Crippen LogP contribution in [0, 0.1) is 0 Å². The van der Waals surface area contributed by atoms with E-state index in [0.29, 0.717) is 52.9 Å². The van der Waals surface area contributed by atoms with Crippen molar-refractivity contribution in [3.05, 3.63) is 63.9 Å². The molecule has 3 rings (SSSR count). The molecule has 0 spiro atoms. The van der Waals surface area contributed by atoms with E-state index in [2.05, 4.69) is 0 Å². The maximum atomic E-state index is 13.1. The van der Waals surface area contributed by atoms with Crippen molar-refractivity contribution in [1.29, 1.82) is 0 Å². The van der Waals surface area contributed by atoms with Crippen molar-refractivity contribution < 1.29 is 14.3 Å². The second kappa shape index (κ2) is 10.4. The summed E-state index contributed by atoms with van der Waals surface area (Å²) in [5.74, 6) is 1.24. The SMILES string of the molecule is CCOCCCn1c(SCc2cc(C(C)=O)ccc2OC)nc2ccccc2c1=O. The molecule has 0 aliphatic carbocycles. The number of fused-ring (bicyclic) bond motifs is 1. The first kappa shape index (κ1) is 22.1. The topological polar surface area (TPSA) is 70.4 Å². The predicted octanol–water partition coefficient (Wildman–Crippen LogP) is 4.33. The molecule has 0 N–H and O–H groups in total. The number of hydrogen-bond donors (Lipinski definition) is 0. The molecule has 0 atom stereocenters. The van der Waals surface area contributed by atoms with Gasteiger partial charge >= 0.3 is 0 Å². The van der Waals surface area contributed by atoms with E-state index in [1.807, 2.05) is 31.2 Å². The summed E-state index contributed by atoms with van der Waals surface area (Å²) in [5, 5.41) is 1.25. The summed E-state index contributed by atoms with van der Waals surface area (Å²) in [6.45, 7) is 5.27. The normalized spacial score (nSPS) is 11.0. The van der Waals surface area contributed by atoms with Gasteiger partial charge in [-0.2, -0.15) is 0 Å². The Labute approximate surface area is 180 Å². The molecule has 0 fully saturated rings. The third-order valence-corrected chi connectivity index (χ3v) is 5.77. The van der Waals surface area contributed by atoms with Crippen LogP contribution in [0.5, 0.6) is 5.75 Å². The van der Waals surface area contributed by atoms with Gasteiger partial charge in [-0.15, -0.1) is 0 Å². The van der Waals surface area contributed by atoms with Crippen LogP contribution in [0.3, 0.4) is 0 Å². The van der Waals surface area contributed by atoms with Gasteiger partial charge in [-0.05, 0) is 50.6 Å². The van der Waals surface area contributed by atoms with Crippen LogP contribution in [-0.2, 0) is 17.0 Å². The first-order chi connectivity index (χ1) is 14.5. The number of ether oxygens (including phenoxy) is 2. The van der Waals surface area contributed by atoms with Gasteiger partial charge in [0.1, 0.15) is 5.75 Å². The van der Waals surface area contributed by atoms with E-state index in [1.54, 1.807) is 36.8 Å². The molecule has 0 amide bonds. The number of rotatable bonds is 10. The fourth-order valence-corrected chi connectivity index (χ4v) is 4.18. The summed E-state index contributed by atoms with van der Waals surface area (Å²) in [6.07, 6.45) is 0.727. The number of ketones is 1. The standard InChI is InChI=1S/C23H26N2O4S/c1-4-29-13-7-12-25-22(27)19-8-5-6-9-20(19)24-23(25)30-15-18-14-17(16(2)26)10-11-21(18)28-3/h5-6,8-11,14H,4,7,12-13,15H2,1-3H3. The maximum Gasteiger partial charge on any atom is 0.262 e. The molecule has 1 heterocycles. The van der Waals surface area contributed by atoms with Crippen LogP contribution < -0.4 is 10.3 Å². The number of aromatic nitrogens is 2. The molecule has 0 bridgehead atoms. The van der Waals surface area contributed by atoms with Crippen molar-refractivity contribution in [3.63, 3.8) is 0 Å². The number of hydrogen-bond acceptors (Lipinski definition) is 6. The molecule has 2 aromatic carbocycles. The Morgan fingerprint density at radius 3 is 2.73 bits per heavy atom. The van der Waals surface area contributed by atoms with Crippen LogP contribution in [-0.4, -0.2) is 35.7 Å². The van der Waals surface area contributed by atoms with Gasteiger partial charge < -0.3 is 9.47 Å². The largest absolute Gasteiger partial charge is 0.496 e. The highest BCUT2D eigenvalue weighted by Gasteiger charge is 2.14. The van der Waals surface area contributed by atoms with Crippen molar-refractivity contribution in [2.24, 2.45) is 0 Å². The van der Waals surface area contributed by atoms with E-state index in [0.717, 1.165) is 12.0 Å². The van der Waals surface area contributed by atoms with E-state index in [1.165, 1.54) is 11.8 Å². The maximum absolute atomic E-state index is 13.1. The Balaban J connectivity index is 1.93. The van der Waals surface area contributed by atoms with Crippen molar-refractivity contribution >= 4 is 28.4 Å². The first-order valence-electron chi connectivity index (χ1n) is 9.93. The summed E-state index contributed by atoms with van der Waals surface area (Å²) in [4.78, 5) is 29.6. The van der Waals surface area contributed by atoms with Gasteiger partial charge in [0.2, 0.25) is 0 Å². The second-order valence-corrected chi connectivity index (χ2v) is 7.73. The quantitative estimate of drug-likeness (QED) is 0.208. The number of thioether (sulfide) groups is 1. The lowest BCUT2D eigenvalue weighted by molar-refractivity contribution is 0.101. The minimum absolute atomic E-state index is 0.000524. The highest BCUT2D eigenvalue weighted by Crippen LogP contribution is 2.28.